The number of rotatable bonds is 3. The first-order valence-corrected chi connectivity index (χ1v) is 5.99. The summed E-state index contributed by atoms with van der Waals surface area (Å²) in [7, 11) is 0. The molecule has 0 amide bonds. The van der Waals surface area contributed by atoms with E-state index in [4.69, 9.17) is 16.9 Å². The molecular formula is C13H13ClN4. The third kappa shape index (κ3) is 2.63. The van der Waals surface area contributed by atoms with Gasteiger partial charge in [-0.05, 0) is 32.0 Å². The molecule has 1 heterocycles. The van der Waals surface area contributed by atoms with Crippen molar-refractivity contribution in [1.82, 2.24) is 9.78 Å². The van der Waals surface area contributed by atoms with Crippen molar-refractivity contribution < 1.29 is 0 Å². The highest BCUT2D eigenvalue weighted by atomic mass is 35.5. The Morgan fingerprint density at radius 1 is 1.39 bits per heavy atom. The third-order valence-corrected chi connectivity index (χ3v) is 2.82. The maximum absolute atomic E-state index is 8.80. The Kier molecular flexibility index (Phi) is 3.54. The molecule has 5 heteroatoms. The van der Waals surface area contributed by atoms with E-state index in [9.17, 15) is 0 Å². The molecule has 2 rings (SSSR count). The van der Waals surface area contributed by atoms with Crippen LogP contribution in [0.15, 0.2) is 30.6 Å². The van der Waals surface area contributed by atoms with Crippen LogP contribution in [-0.4, -0.2) is 9.78 Å². The fraction of sp³-hybridized carbons (Fsp3) is 0.231. The van der Waals surface area contributed by atoms with E-state index in [0.29, 0.717) is 16.6 Å². The monoisotopic (exact) mass is 260 g/mol. The SMILES string of the molecule is CC(C)n1cc(Nc2ccc(C#N)c(Cl)c2)cn1. The molecule has 0 fully saturated rings. The minimum atomic E-state index is 0.324. The van der Waals surface area contributed by atoms with Gasteiger partial charge in [-0.3, -0.25) is 4.68 Å². The van der Waals surface area contributed by atoms with Gasteiger partial charge in [-0.1, -0.05) is 11.6 Å². The number of anilines is 2. The van der Waals surface area contributed by atoms with Crippen LogP contribution in [0.4, 0.5) is 11.4 Å². The number of hydrogen-bond donors (Lipinski definition) is 1. The summed E-state index contributed by atoms with van der Waals surface area (Å²) < 4.78 is 1.87. The zero-order valence-electron chi connectivity index (χ0n) is 10.2. The molecule has 0 aliphatic rings. The van der Waals surface area contributed by atoms with Crippen LogP contribution >= 0.6 is 11.6 Å². The van der Waals surface area contributed by atoms with Gasteiger partial charge in [0, 0.05) is 17.9 Å². The standard InChI is InChI=1S/C13H13ClN4/c1-9(2)18-8-12(7-16-18)17-11-4-3-10(6-15)13(14)5-11/h3-5,7-9,17H,1-2H3. The minimum absolute atomic E-state index is 0.324. The topological polar surface area (TPSA) is 53.6 Å². The fourth-order valence-corrected chi connectivity index (χ4v) is 1.76. The van der Waals surface area contributed by atoms with Crippen LogP contribution in [-0.2, 0) is 0 Å². The molecule has 4 nitrogen and oxygen atoms in total. The van der Waals surface area contributed by atoms with Gasteiger partial charge < -0.3 is 5.32 Å². The molecule has 2 aromatic rings. The second kappa shape index (κ2) is 5.11. The maximum Gasteiger partial charge on any atom is 0.101 e. The lowest BCUT2D eigenvalue weighted by atomic mass is 10.2. The van der Waals surface area contributed by atoms with Gasteiger partial charge in [0.25, 0.3) is 0 Å². The fourth-order valence-electron chi connectivity index (χ4n) is 1.54. The molecular weight excluding hydrogens is 248 g/mol. The summed E-state index contributed by atoms with van der Waals surface area (Å²) in [6, 6.07) is 7.59. The third-order valence-electron chi connectivity index (χ3n) is 2.51. The Labute approximate surface area is 111 Å². The van der Waals surface area contributed by atoms with Crippen LogP contribution in [0.25, 0.3) is 0 Å². The first kappa shape index (κ1) is 12.5. The second-order valence-corrected chi connectivity index (χ2v) is 4.64. The van der Waals surface area contributed by atoms with Gasteiger partial charge in [0.2, 0.25) is 0 Å². The van der Waals surface area contributed by atoms with Crippen molar-refractivity contribution in [3.05, 3.63) is 41.2 Å². The molecule has 0 unspecified atom stereocenters. The number of hydrogen-bond acceptors (Lipinski definition) is 3. The summed E-state index contributed by atoms with van der Waals surface area (Å²) in [5, 5.41) is 16.7. The zero-order valence-corrected chi connectivity index (χ0v) is 10.9. The van der Waals surface area contributed by atoms with Crippen molar-refractivity contribution in [1.29, 1.82) is 5.26 Å². The zero-order chi connectivity index (χ0) is 13.1. The Hall–Kier alpha value is -1.99. The highest BCUT2D eigenvalue weighted by molar-refractivity contribution is 6.32. The molecule has 1 aromatic heterocycles. The van der Waals surface area contributed by atoms with E-state index in [1.165, 1.54) is 0 Å². The van der Waals surface area contributed by atoms with Crippen molar-refractivity contribution in [2.45, 2.75) is 19.9 Å². The van der Waals surface area contributed by atoms with Crippen molar-refractivity contribution in [3.8, 4) is 6.07 Å². The van der Waals surface area contributed by atoms with E-state index < -0.39 is 0 Å². The average molecular weight is 261 g/mol. The normalized spacial score (nSPS) is 10.4. The number of nitrogens with one attached hydrogen (secondary N) is 1. The quantitative estimate of drug-likeness (QED) is 0.915. The Morgan fingerprint density at radius 2 is 2.17 bits per heavy atom. The first-order valence-electron chi connectivity index (χ1n) is 5.61. The number of halogens is 1. The van der Waals surface area contributed by atoms with Gasteiger partial charge in [-0.15, -0.1) is 0 Å². The van der Waals surface area contributed by atoms with Crippen LogP contribution in [0.3, 0.4) is 0 Å². The highest BCUT2D eigenvalue weighted by Gasteiger charge is 2.04. The van der Waals surface area contributed by atoms with Gasteiger partial charge in [0.15, 0.2) is 0 Å². The highest BCUT2D eigenvalue weighted by Crippen LogP contribution is 2.23. The summed E-state index contributed by atoms with van der Waals surface area (Å²) in [6.07, 6.45) is 3.68. The van der Waals surface area contributed by atoms with E-state index >= 15 is 0 Å². The number of nitrogens with zero attached hydrogens (tertiary/aromatic N) is 3. The van der Waals surface area contributed by atoms with Crippen molar-refractivity contribution in [2.75, 3.05) is 5.32 Å². The predicted molar refractivity (Wildman–Crippen MR) is 72.1 cm³/mol. The predicted octanol–water partition coefficient (Wildman–Crippen LogP) is 3.73. The van der Waals surface area contributed by atoms with E-state index in [1.54, 1.807) is 18.3 Å². The van der Waals surface area contributed by atoms with Crippen LogP contribution < -0.4 is 5.32 Å². The number of aromatic nitrogens is 2. The minimum Gasteiger partial charge on any atom is -0.353 e. The number of benzene rings is 1. The summed E-state index contributed by atoms with van der Waals surface area (Å²) in [5.74, 6) is 0. The molecule has 18 heavy (non-hydrogen) atoms. The number of nitriles is 1. The van der Waals surface area contributed by atoms with E-state index in [0.717, 1.165) is 11.4 Å². The Bertz CT molecular complexity index is 595. The van der Waals surface area contributed by atoms with Gasteiger partial charge in [-0.2, -0.15) is 10.4 Å². The van der Waals surface area contributed by atoms with E-state index in [1.807, 2.05) is 23.0 Å². The lowest BCUT2D eigenvalue weighted by Gasteiger charge is -2.05. The lowest BCUT2D eigenvalue weighted by molar-refractivity contribution is 0.532. The van der Waals surface area contributed by atoms with Crippen molar-refractivity contribution in [2.24, 2.45) is 0 Å². The van der Waals surface area contributed by atoms with Crippen LogP contribution in [0.2, 0.25) is 5.02 Å². The van der Waals surface area contributed by atoms with Gasteiger partial charge in [0.1, 0.15) is 6.07 Å². The largest absolute Gasteiger partial charge is 0.353 e. The smallest absolute Gasteiger partial charge is 0.101 e. The molecule has 0 saturated heterocycles. The molecule has 1 aromatic carbocycles. The molecule has 0 aliphatic carbocycles. The molecule has 0 aliphatic heterocycles. The van der Waals surface area contributed by atoms with Crippen molar-refractivity contribution in [3.63, 3.8) is 0 Å². The van der Waals surface area contributed by atoms with E-state index in [-0.39, 0.29) is 0 Å². The molecule has 92 valence electrons. The summed E-state index contributed by atoms with van der Waals surface area (Å²) in [5.41, 5.74) is 2.20. The van der Waals surface area contributed by atoms with Crippen molar-refractivity contribution >= 4 is 23.0 Å². The molecule has 0 spiro atoms. The molecule has 0 radical (unpaired) electrons. The second-order valence-electron chi connectivity index (χ2n) is 4.23. The van der Waals surface area contributed by atoms with Crippen LogP contribution in [0.1, 0.15) is 25.5 Å². The summed E-state index contributed by atoms with van der Waals surface area (Å²) in [4.78, 5) is 0. The summed E-state index contributed by atoms with van der Waals surface area (Å²) in [6.45, 7) is 4.13. The van der Waals surface area contributed by atoms with Gasteiger partial charge in [0.05, 0.1) is 22.5 Å². The first-order chi connectivity index (χ1) is 8.60. The summed E-state index contributed by atoms with van der Waals surface area (Å²) >= 11 is 5.97. The molecule has 1 N–H and O–H groups in total. The van der Waals surface area contributed by atoms with Gasteiger partial charge in [-0.25, -0.2) is 0 Å². The van der Waals surface area contributed by atoms with Gasteiger partial charge >= 0.3 is 0 Å². The maximum atomic E-state index is 8.80. The molecule has 0 saturated carbocycles. The average Bonchev–Trinajstić information content (AvgIpc) is 2.78. The van der Waals surface area contributed by atoms with E-state index in [2.05, 4.69) is 24.3 Å². The lowest BCUT2D eigenvalue weighted by Crippen LogP contribution is -1.99. The molecule has 0 bridgehead atoms. The Balaban J connectivity index is 2.18. The van der Waals surface area contributed by atoms with Crippen LogP contribution in [0, 0.1) is 11.3 Å². The van der Waals surface area contributed by atoms with Crippen LogP contribution in [0.5, 0.6) is 0 Å². The Morgan fingerprint density at radius 3 is 2.72 bits per heavy atom. The molecule has 0 atom stereocenters.